The summed E-state index contributed by atoms with van der Waals surface area (Å²) in [4.78, 5) is 0. The molecule has 2 N–H and O–H groups in total. The molecule has 0 radical (unpaired) electrons. The number of hydrogen-bond donors (Lipinski definition) is 2. The number of alkyl halides is 1. The summed E-state index contributed by atoms with van der Waals surface area (Å²) in [7, 11) is 1.37. The third kappa shape index (κ3) is 3.10. The number of quaternary nitrogens is 1. The second-order valence-corrected chi connectivity index (χ2v) is 3.16. The summed E-state index contributed by atoms with van der Waals surface area (Å²) in [5.74, 6) is 0. The number of aliphatic hydroxyl groups excluding tert-OH is 1. The third-order valence-electron chi connectivity index (χ3n) is 0.482. The van der Waals surface area contributed by atoms with Gasteiger partial charge >= 0.3 is 0 Å². The fourth-order valence-corrected chi connectivity index (χ4v) is 0.729. The van der Waals surface area contributed by atoms with Crippen LogP contribution in [-0.2, 0) is 0 Å². The Morgan fingerprint density at radius 2 is 2.43 bits per heavy atom. The van der Waals surface area contributed by atoms with E-state index in [2.05, 4.69) is 4.51 Å². The Morgan fingerprint density at radius 3 is 2.43 bits per heavy atom. The molecule has 3 nitrogen and oxygen atoms in total. The van der Waals surface area contributed by atoms with Crippen molar-refractivity contribution in [3.63, 3.8) is 0 Å². The second kappa shape index (κ2) is 3.48. The molecule has 0 saturated carbocycles. The predicted molar refractivity (Wildman–Crippen MR) is 37.4 cm³/mol. The van der Waals surface area contributed by atoms with E-state index < -0.39 is 25.0 Å². The molecule has 44 valence electrons. The predicted octanol–water partition coefficient (Wildman–Crippen LogP) is -1.32. The molecule has 0 amide bonds. The molecule has 0 aliphatic heterocycles. The van der Waals surface area contributed by atoms with Gasteiger partial charge in [-0.25, -0.2) is 0 Å². The van der Waals surface area contributed by atoms with E-state index in [-0.39, 0.29) is 5.06 Å². The van der Waals surface area contributed by atoms with Gasteiger partial charge in [0.05, 0.1) is 7.05 Å². The van der Waals surface area contributed by atoms with E-state index in [0.29, 0.717) is 0 Å². The normalized spacial score (nSPS) is 18.7. The topological polar surface area (TPSA) is 47.7 Å². The summed E-state index contributed by atoms with van der Waals surface area (Å²) in [6.45, 7) is 0. The maximum Gasteiger partial charge on any atom is 0.234 e. The molecule has 0 aromatic carbocycles. The van der Waals surface area contributed by atoms with Crippen LogP contribution in [0.2, 0.25) is 0 Å². The van der Waals surface area contributed by atoms with Crippen LogP contribution >= 0.6 is 20.7 Å². The zero-order valence-corrected chi connectivity index (χ0v) is 6.18. The van der Waals surface area contributed by atoms with Crippen molar-refractivity contribution in [1.82, 2.24) is 0 Å². The Hall–Kier alpha value is 0.480. The van der Waals surface area contributed by atoms with Gasteiger partial charge in [0.25, 0.3) is 0 Å². The maximum atomic E-state index is 10.1. The quantitative estimate of drug-likeness (QED) is 0.198. The van der Waals surface area contributed by atoms with E-state index in [4.69, 9.17) is 5.11 Å². The molecule has 7 heavy (non-hydrogen) atoms. The van der Waals surface area contributed by atoms with Crippen molar-refractivity contribution < 1.29 is 10.2 Å². The van der Waals surface area contributed by atoms with Crippen LogP contribution in [0.15, 0.2) is 0 Å². The highest BCUT2D eigenvalue weighted by molar-refractivity contribution is 14.2. The number of nitrogens with one attached hydrogen (secondary N) is 1. The lowest BCUT2D eigenvalue weighted by Crippen LogP contribution is -3.07. The van der Waals surface area contributed by atoms with Crippen molar-refractivity contribution in [2.24, 2.45) is 0 Å². The largest absolute Gasteiger partial charge is 0.632 e. The summed E-state index contributed by atoms with van der Waals surface area (Å²) >= 11 is -0.540. The molecule has 0 saturated heterocycles. The van der Waals surface area contributed by atoms with Crippen molar-refractivity contribution in [1.29, 1.82) is 0 Å². The molecule has 0 rings (SSSR count). The molecule has 0 aliphatic carbocycles. The van der Waals surface area contributed by atoms with E-state index in [1.807, 2.05) is 0 Å². The molecule has 0 aromatic rings. The van der Waals surface area contributed by atoms with Crippen LogP contribution < -0.4 is 5.06 Å². The van der Waals surface area contributed by atoms with Crippen LogP contribution in [0.5, 0.6) is 0 Å². The summed E-state index contributed by atoms with van der Waals surface area (Å²) in [6.07, 6.45) is 0. The van der Waals surface area contributed by atoms with Crippen LogP contribution in [0.25, 0.3) is 0 Å². The number of halogens is 1. The SMILES string of the molecule is C=IC(O)[NH+](C)[O-]. The highest BCUT2D eigenvalue weighted by atomic mass is 127. The number of hydrogen-bond acceptors (Lipinski definition) is 2. The van der Waals surface area contributed by atoms with Gasteiger partial charge in [-0.1, -0.05) is 4.51 Å². The van der Waals surface area contributed by atoms with E-state index in [1.54, 1.807) is 0 Å². The van der Waals surface area contributed by atoms with Crippen LogP contribution in [0.3, 0.4) is 0 Å². The molecule has 2 unspecified atom stereocenters. The first kappa shape index (κ1) is 7.48. The van der Waals surface area contributed by atoms with Gasteiger partial charge in [0.2, 0.25) is 4.23 Å². The fraction of sp³-hybridized carbons (Fsp3) is 0.667. The van der Waals surface area contributed by atoms with Crippen LogP contribution in [0, 0.1) is 5.21 Å². The first-order valence-electron chi connectivity index (χ1n) is 1.74. The number of rotatable bonds is 2. The Balaban J connectivity index is 3.33. The van der Waals surface area contributed by atoms with E-state index in [0.717, 1.165) is 0 Å². The third-order valence-corrected chi connectivity index (χ3v) is 2.19. The fourth-order valence-electron chi connectivity index (χ4n) is 0.109. The van der Waals surface area contributed by atoms with Crippen molar-refractivity contribution in [2.75, 3.05) is 7.05 Å². The number of aliphatic hydroxyl groups is 1. The summed E-state index contributed by atoms with van der Waals surface area (Å²) in [5.41, 5.74) is 0. The monoisotopic (exact) mass is 217 g/mol. The van der Waals surface area contributed by atoms with Gasteiger partial charge in [-0.2, -0.15) is 0 Å². The minimum absolute atomic E-state index is 0.164. The smallest absolute Gasteiger partial charge is 0.234 e. The van der Waals surface area contributed by atoms with E-state index in [9.17, 15) is 5.21 Å². The number of hydroxylamine groups is 2. The average molecular weight is 217 g/mol. The highest BCUT2D eigenvalue weighted by Crippen LogP contribution is 1.90. The molecule has 0 heterocycles. The molecule has 0 spiro atoms. The van der Waals surface area contributed by atoms with E-state index >= 15 is 0 Å². The minimum atomic E-state index is -0.737. The Bertz CT molecular complexity index is 66.0. The Labute approximate surface area is 52.3 Å². The average Bonchev–Trinajstić information content (AvgIpc) is 1.65. The van der Waals surface area contributed by atoms with E-state index in [1.165, 1.54) is 7.05 Å². The summed E-state index contributed by atoms with van der Waals surface area (Å²) < 4.78 is 2.71. The Kier molecular flexibility index (Phi) is 3.72. The second-order valence-electron chi connectivity index (χ2n) is 1.10. The van der Waals surface area contributed by atoms with Gasteiger partial charge in [-0.15, -0.1) is 0 Å². The Morgan fingerprint density at radius 1 is 2.00 bits per heavy atom. The summed E-state index contributed by atoms with van der Waals surface area (Å²) in [5, 5.41) is 18.5. The van der Waals surface area contributed by atoms with Crippen molar-refractivity contribution in [2.45, 2.75) is 4.23 Å². The van der Waals surface area contributed by atoms with Crippen molar-refractivity contribution in [3.8, 4) is 0 Å². The molecule has 0 aromatic heterocycles. The van der Waals surface area contributed by atoms with Gasteiger partial charge < -0.3 is 15.4 Å². The van der Waals surface area contributed by atoms with Crippen LogP contribution in [0.4, 0.5) is 0 Å². The maximum absolute atomic E-state index is 10.1. The standard InChI is InChI=1S/C3H8INO2/c1-4-3(6)5(2)7/h3,5-6H,1H2,2H3. The minimum Gasteiger partial charge on any atom is -0.632 e. The molecular formula is C3H8INO2. The lowest BCUT2D eigenvalue weighted by atomic mass is 11.1. The van der Waals surface area contributed by atoms with Gasteiger partial charge in [0, 0.05) is 0 Å². The molecule has 4 heteroatoms. The van der Waals surface area contributed by atoms with Gasteiger partial charge in [-0.05, 0) is 20.7 Å². The highest BCUT2D eigenvalue weighted by Gasteiger charge is 1.96. The van der Waals surface area contributed by atoms with Crippen molar-refractivity contribution in [3.05, 3.63) is 5.21 Å². The molecule has 0 fully saturated rings. The van der Waals surface area contributed by atoms with Crippen molar-refractivity contribution >= 4 is 25.2 Å². The lowest BCUT2D eigenvalue weighted by molar-refractivity contribution is -0.855. The zero-order chi connectivity index (χ0) is 5.86. The van der Waals surface area contributed by atoms with Gasteiger partial charge in [0.1, 0.15) is 0 Å². The lowest BCUT2D eigenvalue weighted by Gasteiger charge is -2.18. The van der Waals surface area contributed by atoms with Crippen LogP contribution in [0.1, 0.15) is 0 Å². The van der Waals surface area contributed by atoms with Crippen LogP contribution in [-0.4, -0.2) is 20.9 Å². The zero-order valence-electron chi connectivity index (χ0n) is 4.02. The summed E-state index contributed by atoms with van der Waals surface area (Å²) in [6, 6.07) is 0. The molecular weight excluding hydrogens is 209 g/mol. The first-order chi connectivity index (χ1) is 3.18. The molecule has 0 bridgehead atoms. The molecule has 0 aliphatic rings. The first-order valence-corrected chi connectivity index (χ1v) is 4.51. The van der Waals surface area contributed by atoms with Gasteiger partial charge in [-0.3, -0.25) is 0 Å². The van der Waals surface area contributed by atoms with Gasteiger partial charge in [0.15, 0.2) is 0 Å². The molecule has 2 atom stereocenters.